The van der Waals surface area contributed by atoms with Crippen molar-refractivity contribution in [2.75, 3.05) is 4.43 Å². The number of hydrogen-bond acceptors (Lipinski definition) is 1. The molecule has 3 nitrogen and oxygen atoms in total. The van der Waals surface area contributed by atoms with E-state index >= 15 is 0 Å². The molecule has 0 radical (unpaired) electrons. The fourth-order valence-electron chi connectivity index (χ4n) is 0.0899. The van der Waals surface area contributed by atoms with Crippen LogP contribution < -0.4 is 0 Å². The molecule has 6 heteroatoms. The predicted molar refractivity (Wildman–Crippen MR) is 48.7 cm³/mol. The van der Waals surface area contributed by atoms with E-state index in [2.05, 4.69) is 0 Å². The van der Waals surface area contributed by atoms with Crippen LogP contribution in [0.2, 0.25) is 0 Å². The van der Waals surface area contributed by atoms with E-state index in [1.165, 1.54) is 0 Å². The summed E-state index contributed by atoms with van der Waals surface area (Å²) in [6.45, 7) is 0. The molecule has 0 spiro atoms. The van der Waals surface area contributed by atoms with Crippen molar-refractivity contribution in [1.29, 1.82) is 0 Å². The van der Waals surface area contributed by atoms with Gasteiger partial charge in [-0.15, -0.1) is 0 Å². The van der Waals surface area contributed by atoms with Crippen molar-refractivity contribution in [3.05, 3.63) is 0 Å². The molecule has 0 fully saturated rings. The van der Waals surface area contributed by atoms with E-state index in [9.17, 15) is 4.57 Å². The fourth-order valence-corrected chi connectivity index (χ4v) is 1.81. The van der Waals surface area contributed by atoms with Crippen LogP contribution >= 0.6 is 52.8 Å². The van der Waals surface area contributed by atoms with E-state index in [4.69, 9.17) is 9.79 Å². The van der Waals surface area contributed by atoms with Gasteiger partial charge in [-0.05, 0) is 0 Å². The highest BCUT2D eigenvalue weighted by molar-refractivity contribution is 14.1. The third-order valence-corrected chi connectivity index (χ3v) is 7.29. The summed E-state index contributed by atoms with van der Waals surface area (Å²) >= 11 is 3.68. The Morgan fingerprint density at radius 3 is 2.00 bits per heavy atom. The molecule has 0 aromatic carbocycles. The van der Waals surface area contributed by atoms with E-state index in [1.54, 1.807) is 22.6 Å². The SMILES string of the molecule is O=P(O)(O)C(I)CI. The molecule has 0 amide bonds. The van der Waals surface area contributed by atoms with Gasteiger partial charge in [-0.3, -0.25) is 4.57 Å². The minimum absolute atomic E-state index is 0.489. The van der Waals surface area contributed by atoms with Crippen LogP contribution in [0.15, 0.2) is 0 Å². The number of hydrogen-bond donors (Lipinski definition) is 2. The topological polar surface area (TPSA) is 57.5 Å². The molecule has 0 aromatic rings. The Hall–Kier alpha value is 1.61. The van der Waals surface area contributed by atoms with E-state index in [0.717, 1.165) is 0 Å². The Balaban J connectivity index is 3.82. The quantitative estimate of drug-likeness (QED) is 0.443. The normalized spacial score (nSPS) is 16.0. The van der Waals surface area contributed by atoms with Crippen molar-refractivity contribution >= 4 is 52.8 Å². The smallest absolute Gasteiger partial charge is 0.324 e. The van der Waals surface area contributed by atoms with Crippen LogP contribution in [-0.4, -0.2) is 17.9 Å². The zero-order valence-electron chi connectivity index (χ0n) is 3.79. The molecule has 1 unspecified atom stereocenters. The van der Waals surface area contributed by atoms with Crippen LogP contribution in [0.25, 0.3) is 0 Å². The lowest BCUT2D eigenvalue weighted by Gasteiger charge is -2.06. The van der Waals surface area contributed by atoms with Crippen molar-refractivity contribution in [2.24, 2.45) is 0 Å². The van der Waals surface area contributed by atoms with Crippen LogP contribution in [0, 0.1) is 0 Å². The zero-order valence-corrected chi connectivity index (χ0v) is 9.00. The summed E-state index contributed by atoms with van der Waals surface area (Å²) in [5.41, 5.74) is 0. The molecular weight excluding hydrogens is 357 g/mol. The molecule has 2 N–H and O–H groups in total. The molecule has 1 atom stereocenters. The summed E-state index contributed by atoms with van der Waals surface area (Å²) in [6, 6.07) is 0. The lowest BCUT2D eigenvalue weighted by Crippen LogP contribution is -1.98. The molecule has 0 heterocycles. The second kappa shape index (κ2) is 3.70. The average Bonchev–Trinajstić information content (AvgIpc) is 1.62. The van der Waals surface area contributed by atoms with Gasteiger partial charge in [0.05, 0.1) is 0 Å². The summed E-state index contributed by atoms with van der Waals surface area (Å²) < 4.78 is 10.2. The Morgan fingerprint density at radius 1 is 1.62 bits per heavy atom. The first-order chi connectivity index (χ1) is 3.48. The van der Waals surface area contributed by atoms with Crippen molar-refractivity contribution in [1.82, 2.24) is 0 Å². The van der Waals surface area contributed by atoms with Crippen LogP contribution in [0.3, 0.4) is 0 Å². The standard InChI is InChI=1S/C2H5I2O3P/c3-1-2(4)8(5,6)7/h2H,1H2,(H2,5,6,7). The van der Waals surface area contributed by atoms with Gasteiger partial charge in [0.1, 0.15) is 3.67 Å². The van der Waals surface area contributed by atoms with Crippen LogP contribution in [0.1, 0.15) is 0 Å². The highest BCUT2D eigenvalue weighted by atomic mass is 127. The monoisotopic (exact) mass is 362 g/mol. The second-order valence-electron chi connectivity index (χ2n) is 1.18. The Bertz CT molecular complexity index is 110. The van der Waals surface area contributed by atoms with Crippen molar-refractivity contribution < 1.29 is 14.4 Å². The summed E-state index contributed by atoms with van der Waals surface area (Å²) in [6.07, 6.45) is 0. The molecule has 0 aromatic heterocycles. The number of rotatable bonds is 2. The van der Waals surface area contributed by atoms with Crippen LogP contribution in [0.4, 0.5) is 0 Å². The van der Waals surface area contributed by atoms with Gasteiger partial charge in [0.25, 0.3) is 0 Å². The maximum absolute atomic E-state index is 10.2. The van der Waals surface area contributed by atoms with Gasteiger partial charge < -0.3 is 9.79 Å². The van der Waals surface area contributed by atoms with Gasteiger partial charge in [0.15, 0.2) is 0 Å². The lowest BCUT2D eigenvalue weighted by atomic mass is 11.0. The van der Waals surface area contributed by atoms with Gasteiger partial charge in [-0.1, -0.05) is 45.2 Å². The molecule has 8 heavy (non-hydrogen) atoms. The van der Waals surface area contributed by atoms with Crippen molar-refractivity contribution in [3.63, 3.8) is 0 Å². The molecule has 0 rings (SSSR count). The highest BCUT2D eigenvalue weighted by Gasteiger charge is 2.23. The zero-order chi connectivity index (χ0) is 6.78. The van der Waals surface area contributed by atoms with Crippen LogP contribution in [0.5, 0.6) is 0 Å². The minimum atomic E-state index is -3.78. The molecule has 0 aliphatic heterocycles. The second-order valence-corrected chi connectivity index (χ2v) is 6.35. The molecule has 0 aliphatic rings. The molecule has 0 saturated carbocycles. The van der Waals surface area contributed by atoms with Gasteiger partial charge in [0.2, 0.25) is 0 Å². The van der Waals surface area contributed by atoms with Crippen LogP contribution in [-0.2, 0) is 4.57 Å². The van der Waals surface area contributed by atoms with E-state index in [1.807, 2.05) is 22.6 Å². The number of alkyl halides is 2. The molecule has 50 valence electrons. The van der Waals surface area contributed by atoms with Gasteiger partial charge in [-0.2, -0.15) is 0 Å². The average molecular weight is 362 g/mol. The third kappa shape index (κ3) is 3.60. The minimum Gasteiger partial charge on any atom is -0.324 e. The van der Waals surface area contributed by atoms with E-state index < -0.39 is 11.3 Å². The van der Waals surface area contributed by atoms with E-state index in [0.29, 0.717) is 4.43 Å². The van der Waals surface area contributed by atoms with Crippen molar-refractivity contribution in [3.8, 4) is 0 Å². The maximum atomic E-state index is 10.2. The van der Waals surface area contributed by atoms with Crippen molar-refractivity contribution in [2.45, 2.75) is 3.67 Å². The Labute approximate surface area is 74.7 Å². The maximum Gasteiger partial charge on any atom is 0.339 e. The molecule has 0 aliphatic carbocycles. The first-order valence-corrected chi connectivity index (χ1v) is 6.19. The lowest BCUT2D eigenvalue weighted by molar-refractivity contribution is 0.374. The fraction of sp³-hybridized carbons (Fsp3) is 1.00. The number of halogens is 2. The molecular formula is C2H5I2O3P. The Kier molecular flexibility index (Phi) is 4.44. The van der Waals surface area contributed by atoms with Gasteiger partial charge in [0, 0.05) is 4.43 Å². The van der Waals surface area contributed by atoms with E-state index in [-0.39, 0.29) is 0 Å². The molecule has 0 bridgehead atoms. The Morgan fingerprint density at radius 2 is 2.00 bits per heavy atom. The molecule has 0 saturated heterocycles. The first kappa shape index (κ1) is 9.61. The summed E-state index contributed by atoms with van der Waals surface area (Å²) in [7, 11) is -3.78. The summed E-state index contributed by atoms with van der Waals surface area (Å²) in [5.74, 6) is 0. The highest BCUT2D eigenvalue weighted by Crippen LogP contribution is 2.45. The summed E-state index contributed by atoms with van der Waals surface area (Å²) in [5, 5.41) is 0. The first-order valence-electron chi connectivity index (χ1n) is 1.73. The largest absolute Gasteiger partial charge is 0.339 e. The van der Waals surface area contributed by atoms with Gasteiger partial charge in [-0.25, -0.2) is 0 Å². The summed E-state index contributed by atoms with van der Waals surface area (Å²) in [4.78, 5) is 16.8. The third-order valence-electron chi connectivity index (χ3n) is 0.492. The predicted octanol–water partition coefficient (Wildman–Crippen LogP) is 1.36. The van der Waals surface area contributed by atoms with Gasteiger partial charge >= 0.3 is 7.60 Å².